The van der Waals surface area contributed by atoms with Crippen LogP contribution in [0, 0.1) is 6.92 Å². The number of halogens is 3. The van der Waals surface area contributed by atoms with Crippen molar-refractivity contribution in [3.8, 4) is 0 Å². The van der Waals surface area contributed by atoms with Crippen molar-refractivity contribution in [3.63, 3.8) is 0 Å². The maximum Gasteiger partial charge on any atom is 0.390 e. The highest BCUT2D eigenvalue weighted by Crippen LogP contribution is 2.30. The van der Waals surface area contributed by atoms with Crippen molar-refractivity contribution in [3.05, 3.63) is 57.8 Å². The van der Waals surface area contributed by atoms with Gasteiger partial charge in [-0.15, -0.1) is 0 Å². The van der Waals surface area contributed by atoms with E-state index >= 15 is 0 Å². The van der Waals surface area contributed by atoms with Crippen LogP contribution in [0.5, 0.6) is 0 Å². The molecule has 1 heterocycles. The fourth-order valence-electron chi connectivity index (χ4n) is 2.03. The van der Waals surface area contributed by atoms with E-state index in [1.165, 1.54) is 0 Å². The lowest BCUT2D eigenvalue weighted by Crippen LogP contribution is -2.26. The lowest BCUT2D eigenvalue weighted by atomic mass is 10.0. The minimum Gasteiger partial charge on any atom is -0.305 e. The van der Waals surface area contributed by atoms with Crippen molar-refractivity contribution in [2.45, 2.75) is 32.1 Å². The molecule has 0 saturated heterocycles. The van der Waals surface area contributed by atoms with Crippen LogP contribution in [0.1, 0.15) is 29.2 Å². The Kier molecular flexibility index (Phi) is 4.83. The molecule has 0 saturated carbocycles. The molecule has 0 aliphatic carbocycles. The molecule has 1 aromatic heterocycles. The van der Waals surface area contributed by atoms with Crippen molar-refractivity contribution in [2.75, 3.05) is 0 Å². The highest BCUT2D eigenvalue weighted by Gasteiger charge is 2.32. The third-order valence-corrected chi connectivity index (χ3v) is 4.05. The van der Waals surface area contributed by atoms with Gasteiger partial charge in [0.15, 0.2) is 0 Å². The maximum absolute atomic E-state index is 12.7. The Morgan fingerprint density at radius 2 is 1.85 bits per heavy atom. The Morgan fingerprint density at radius 1 is 1.15 bits per heavy atom. The minimum absolute atomic E-state index is 0.449. The van der Waals surface area contributed by atoms with Gasteiger partial charge in [-0.25, -0.2) is 0 Å². The molecule has 1 aromatic carbocycles. The zero-order valence-corrected chi connectivity index (χ0v) is 11.9. The summed E-state index contributed by atoms with van der Waals surface area (Å²) in [5, 5.41) is 6.99. The van der Waals surface area contributed by atoms with Crippen molar-refractivity contribution >= 4 is 11.3 Å². The van der Waals surface area contributed by atoms with Crippen LogP contribution in [-0.2, 0) is 6.54 Å². The first kappa shape index (κ1) is 15.1. The maximum atomic E-state index is 12.7. The Labute approximate surface area is 120 Å². The smallest absolute Gasteiger partial charge is 0.305 e. The van der Waals surface area contributed by atoms with Crippen molar-refractivity contribution in [1.29, 1.82) is 0 Å². The Balaban J connectivity index is 2.09. The molecule has 1 N–H and O–H groups in total. The molecule has 0 bridgehead atoms. The van der Waals surface area contributed by atoms with Crippen LogP contribution in [0.25, 0.3) is 0 Å². The molecule has 5 heteroatoms. The number of rotatable bonds is 5. The summed E-state index contributed by atoms with van der Waals surface area (Å²) in [5.41, 5.74) is 2.83. The molecule has 0 aliphatic rings. The van der Waals surface area contributed by atoms with Crippen LogP contribution in [0.2, 0.25) is 0 Å². The molecule has 2 rings (SSSR count). The van der Waals surface area contributed by atoms with E-state index < -0.39 is 18.6 Å². The van der Waals surface area contributed by atoms with Crippen LogP contribution in [0.4, 0.5) is 13.2 Å². The zero-order chi connectivity index (χ0) is 14.6. The summed E-state index contributed by atoms with van der Waals surface area (Å²) in [4.78, 5) is 0. The lowest BCUT2D eigenvalue weighted by Gasteiger charge is -2.21. The summed E-state index contributed by atoms with van der Waals surface area (Å²) in [6.45, 7) is 2.42. The average molecular weight is 299 g/mol. The first-order valence-corrected chi connectivity index (χ1v) is 7.27. The second-order valence-corrected chi connectivity index (χ2v) is 5.49. The normalized spacial score (nSPS) is 13.4. The van der Waals surface area contributed by atoms with Gasteiger partial charge in [-0.05, 0) is 34.4 Å². The molecule has 108 valence electrons. The third-order valence-electron chi connectivity index (χ3n) is 3.14. The highest BCUT2D eigenvalue weighted by molar-refractivity contribution is 7.08. The molecule has 20 heavy (non-hydrogen) atoms. The van der Waals surface area contributed by atoms with Crippen LogP contribution in [0.15, 0.2) is 41.1 Å². The molecule has 2 aromatic rings. The molecule has 0 fully saturated rings. The lowest BCUT2D eigenvalue weighted by molar-refractivity contribution is -0.140. The van der Waals surface area contributed by atoms with Crippen LogP contribution in [0.3, 0.4) is 0 Å². The van der Waals surface area contributed by atoms with Gasteiger partial charge in [0.25, 0.3) is 0 Å². The monoisotopic (exact) mass is 299 g/mol. The predicted octanol–water partition coefficient (Wildman–Crippen LogP) is 4.84. The summed E-state index contributed by atoms with van der Waals surface area (Å²) < 4.78 is 38.1. The molecular formula is C15H16F3NS. The molecule has 1 unspecified atom stereocenters. The van der Waals surface area contributed by atoms with Crippen molar-refractivity contribution < 1.29 is 13.2 Å². The summed E-state index contributed by atoms with van der Waals surface area (Å²) in [5.74, 6) is 0. The van der Waals surface area contributed by atoms with E-state index in [0.29, 0.717) is 12.1 Å². The number of thiophene rings is 1. The molecule has 1 nitrogen and oxygen atoms in total. The van der Waals surface area contributed by atoms with Gasteiger partial charge < -0.3 is 5.32 Å². The second-order valence-electron chi connectivity index (χ2n) is 4.74. The second kappa shape index (κ2) is 6.41. The van der Waals surface area contributed by atoms with Gasteiger partial charge in [0.1, 0.15) is 0 Å². The van der Waals surface area contributed by atoms with E-state index in [9.17, 15) is 13.2 Å². The number of alkyl halides is 3. The topological polar surface area (TPSA) is 12.0 Å². The van der Waals surface area contributed by atoms with Gasteiger partial charge in [-0.3, -0.25) is 0 Å². The quantitative estimate of drug-likeness (QED) is 0.833. The van der Waals surface area contributed by atoms with Gasteiger partial charge >= 0.3 is 6.18 Å². The van der Waals surface area contributed by atoms with E-state index in [2.05, 4.69) is 5.32 Å². The standard InChI is InChI=1S/C15H16F3NS/c1-11-9-20-10-13(11)8-19-14(7-15(16,17)18)12-5-3-2-4-6-12/h2-6,9-10,14,19H,7-8H2,1H3. The Hall–Kier alpha value is -1.33. The fourth-order valence-corrected chi connectivity index (χ4v) is 2.88. The molecule has 0 aliphatic heterocycles. The fraction of sp³-hybridized carbons (Fsp3) is 0.333. The minimum atomic E-state index is -4.18. The van der Waals surface area contributed by atoms with Crippen LogP contribution < -0.4 is 5.32 Å². The molecular weight excluding hydrogens is 283 g/mol. The van der Waals surface area contributed by atoms with Crippen LogP contribution in [-0.4, -0.2) is 6.18 Å². The zero-order valence-electron chi connectivity index (χ0n) is 11.1. The molecule has 0 amide bonds. The van der Waals surface area contributed by atoms with Gasteiger partial charge in [-0.2, -0.15) is 24.5 Å². The largest absolute Gasteiger partial charge is 0.390 e. The van der Waals surface area contributed by atoms with E-state index in [4.69, 9.17) is 0 Å². The van der Waals surface area contributed by atoms with Crippen LogP contribution >= 0.6 is 11.3 Å². The number of nitrogens with one attached hydrogen (secondary N) is 1. The van der Waals surface area contributed by atoms with E-state index in [1.54, 1.807) is 41.7 Å². The SMILES string of the molecule is Cc1cscc1CNC(CC(F)(F)F)c1ccccc1. The number of hydrogen-bond donors (Lipinski definition) is 1. The van der Waals surface area contributed by atoms with E-state index in [1.807, 2.05) is 17.7 Å². The first-order chi connectivity index (χ1) is 9.46. The van der Waals surface area contributed by atoms with Gasteiger partial charge in [0.2, 0.25) is 0 Å². The van der Waals surface area contributed by atoms with E-state index in [0.717, 1.165) is 11.1 Å². The van der Waals surface area contributed by atoms with Gasteiger partial charge in [0.05, 0.1) is 6.42 Å². The number of benzene rings is 1. The molecule has 0 radical (unpaired) electrons. The Bertz CT molecular complexity index is 534. The number of aryl methyl sites for hydroxylation is 1. The van der Waals surface area contributed by atoms with Crippen molar-refractivity contribution in [2.24, 2.45) is 0 Å². The molecule has 0 spiro atoms. The summed E-state index contributed by atoms with van der Waals surface area (Å²) in [6.07, 6.45) is -5.04. The summed E-state index contributed by atoms with van der Waals surface area (Å²) in [6, 6.07) is 8.06. The van der Waals surface area contributed by atoms with E-state index in [-0.39, 0.29) is 0 Å². The predicted molar refractivity (Wildman–Crippen MR) is 75.8 cm³/mol. The van der Waals surface area contributed by atoms with Gasteiger partial charge in [-0.1, -0.05) is 30.3 Å². The molecule has 1 atom stereocenters. The Morgan fingerprint density at radius 3 is 2.40 bits per heavy atom. The third kappa shape index (κ3) is 4.35. The van der Waals surface area contributed by atoms with Gasteiger partial charge in [0, 0.05) is 12.6 Å². The highest BCUT2D eigenvalue weighted by atomic mass is 32.1. The average Bonchev–Trinajstić information content (AvgIpc) is 2.80. The van der Waals surface area contributed by atoms with Crippen molar-refractivity contribution in [1.82, 2.24) is 5.32 Å². The summed E-state index contributed by atoms with van der Waals surface area (Å²) >= 11 is 1.56. The number of hydrogen-bond acceptors (Lipinski definition) is 2. The summed E-state index contributed by atoms with van der Waals surface area (Å²) in [7, 11) is 0. The first-order valence-electron chi connectivity index (χ1n) is 6.32.